The summed E-state index contributed by atoms with van der Waals surface area (Å²) in [5.74, 6) is 6.84. The first kappa shape index (κ1) is 23.4. The Morgan fingerprint density at radius 2 is 2.16 bits per heavy atom. The Hall–Kier alpha value is -3.22. The Labute approximate surface area is 187 Å². The molecule has 4 N–H and O–H groups in total. The minimum atomic E-state index is -0.588. The lowest BCUT2D eigenvalue weighted by Crippen LogP contribution is -2.51. The van der Waals surface area contributed by atoms with Crippen molar-refractivity contribution in [2.24, 2.45) is 0 Å². The van der Waals surface area contributed by atoms with Gasteiger partial charge in [0.2, 0.25) is 11.9 Å². The number of ether oxygens (including phenoxy) is 1. The number of nitrogens with zero attached hydrogens (tertiary/aromatic N) is 2. The summed E-state index contributed by atoms with van der Waals surface area (Å²) in [4.78, 5) is 21.1. The molecule has 1 saturated heterocycles. The van der Waals surface area contributed by atoms with Gasteiger partial charge in [-0.05, 0) is 37.6 Å². The summed E-state index contributed by atoms with van der Waals surface area (Å²) in [6.45, 7) is 3.13. The Morgan fingerprint density at radius 1 is 1.38 bits per heavy atom. The van der Waals surface area contributed by atoms with E-state index in [0.717, 1.165) is 6.42 Å². The van der Waals surface area contributed by atoms with Gasteiger partial charge in [-0.1, -0.05) is 11.8 Å². The van der Waals surface area contributed by atoms with Gasteiger partial charge in [-0.25, -0.2) is 9.37 Å². The molecule has 0 aliphatic carbocycles. The number of amides is 1. The molecule has 0 bridgehead atoms. The second kappa shape index (κ2) is 10.9. The van der Waals surface area contributed by atoms with Gasteiger partial charge in [0, 0.05) is 45.8 Å². The summed E-state index contributed by atoms with van der Waals surface area (Å²) in [6.07, 6.45) is 3.73. The number of benzene rings is 1. The van der Waals surface area contributed by atoms with Crippen LogP contribution in [0.5, 0.6) is 0 Å². The van der Waals surface area contributed by atoms with Gasteiger partial charge in [0.25, 0.3) is 0 Å². The third kappa shape index (κ3) is 6.15. The Bertz CT molecular complexity index is 988. The number of aromatic nitrogens is 2. The molecule has 8 nitrogen and oxygen atoms in total. The Morgan fingerprint density at radius 3 is 2.84 bits per heavy atom. The van der Waals surface area contributed by atoms with Crippen LogP contribution in [0.3, 0.4) is 0 Å². The molecule has 1 aromatic carbocycles. The zero-order chi connectivity index (χ0) is 23.0. The lowest BCUT2D eigenvalue weighted by Gasteiger charge is -2.23. The van der Waals surface area contributed by atoms with Crippen LogP contribution < -0.4 is 21.3 Å². The highest BCUT2D eigenvalue weighted by atomic mass is 19.1. The average Bonchev–Trinajstić information content (AvgIpc) is 3.20. The van der Waals surface area contributed by atoms with E-state index in [9.17, 15) is 9.18 Å². The number of hydrogen-bond acceptors (Lipinski definition) is 7. The molecule has 0 spiro atoms. The van der Waals surface area contributed by atoms with Gasteiger partial charge in [-0.3, -0.25) is 4.79 Å². The SMILES string of the molecule is CNc1nc(Nc2ccc(F)cc2)ncc1C#CCCCNC(=O)[C@]1(C)C[C@H](OC)CN1. The fraction of sp³-hybridized carbons (Fsp3) is 0.435. The summed E-state index contributed by atoms with van der Waals surface area (Å²) in [5.41, 5.74) is 0.776. The zero-order valence-electron chi connectivity index (χ0n) is 18.6. The molecular formula is C23H29FN6O2. The molecule has 32 heavy (non-hydrogen) atoms. The molecule has 1 amide bonds. The zero-order valence-corrected chi connectivity index (χ0v) is 18.6. The number of carbonyl (C=O) groups excluding carboxylic acids is 1. The average molecular weight is 441 g/mol. The van der Waals surface area contributed by atoms with Crippen molar-refractivity contribution in [1.82, 2.24) is 20.6 Å². The van der Waals surface area contributed by atoms with Crippen LogP contribution in [0.25, 0.3) is 0 Å². The highest BCUT2D eigenvalue weighted by Crippen LogP contribution is 2.21. The maximum atomic E-state index is 13.0. The van der Waals surface area contributed by atoms with Crippen molar-refractivity contribution in [3.8, 4) is 11.8 Å². The number of hydrogen-bond donors (Lipinski definition) is 4. The third-order valence-corrected chi connectivity index (χ3v) is 5.30. The standard InChI is InChI=1S/C23H29FN6O2/c1-23(13-19(32-3)15-28-23)21(31)26-12-6-4-5-7-16-14-27-22(30-20(16)25-2)29-18-10-8-17(24)9-11-18/h8-11,14,19,28H,4,6,12-13,15H2,1-3H3,(H,26,31)(H2,25,27,29,30)/t19-,23-/m0/s1. The van der Waals surface area contributed by atoms with Crippen LogP contribution in [0.4, 0.5) is 21.8 Å². The topological polar surface area (TPSA) is 100 Å². The minimum absolute atomic E-state index is 0.0138. The number of unbranched alkanes of at least 4 members (excludes halogenated alkanes) is 1. The maximum absolute atomic E-state index is 13.0. The molecule has 0 saturated carbocycles. The number of methoxy groups -OCH3 is 1. The minimum Gasteiger partial charge on any atom is -0.380 e. The smallest absolute Gasteiger partial charge is 0.240 e. The van der Waals surface area contributed by atoms with Crippen molar-refractivity contribution in [3.05, 3.63) is 41.8 Å². The van der Waals surface area contributed by atoms with Gasteiger partial charge in [-0.2, -0.15) is 4.98 Å². The predicted octanol–water partition coefficient (Wildman–Crippen LogP) is 2.42. The second-order valence-electron chi connectivity index (χ2n) is 7.77. The van der Waals surface area contributed by atoms with Crippen LogP contribution in [0.2, 0.25) is 0 Å². The van der Waals surface area contributed by atoms with Gasteiger partial charge in [-0.15, -0.1) is 0 Å². The maximum Gasteiger partial charge on any atom is 0.240 e. The largest absolute Gasteiger partial charge is 0.380 e. The summed E-state index contributed by atoms with van der Waals surface area (Å²) in [6, 6.07) is 5.96. The molecular weight excluding hydrogens is 411 g/mol. The molecule has 1 aliphatic heterocycles. The van der Waals surface area contributed by atoms with E-state index in [1.807, 2.05) is 6.92 Å². The van der Waals surface area contributed by atoms with E-state index < -0.39 is 5.54 Å². The van der Waals surface area contributed by atoms with E-state index >= 15 is 0 Å². The number of halogens is 1. The fourth-order valence-corrected chi connectivity index (χ4v) is 3.40. The number of carbonyl (C=O) groups is 1. The van der Waals surface area contributed by atoms with Crippen molar-refractivity contribution < 1.29 is 13.9 Å². The molecule has 2 heterocycles. The molecule has 170 valence electrons. The first-order chi connectivity index (χ1) is 15.4. The number of rotatable bonds is 8. The van der Waals surface area contributed by atoms with Crippen molar-refractivity contribution in [2.75, 3.05) is 37.9 Å². The highest BCUT2D eigenvalue weighted by molar-refractivity contribution is 5.86. The lowest BCUT2D eigenvalue weighted by atomic mass is 9.98. The van der Waals surface area contributed by atoms with Crippen LogP contribution >= 0.6 is 0 Å². The Kier molecular flexibility index (Phi) is 7.98. The van der Waals surface area contributed by atoms with Crippen molar-refractivity contribution in [2.45, 2.75) is 37.8 Å². The molecule has 0 unspecified atom stereocenters. The molecule has 0 radical (unpaired) electrons. The van der Waals surface area contributed by atoms with E-state index in [2.05, 4.69) is 43.1 Å². The van der Waals surface area contributed by atoms with Crippen molar-refractivity contribution in [3.63, 3.8) is 0 Å². The molecule has 3 rings (SSSR count). The fourth-order valence-electron chi connectivity index (χ4n) is 3.40. The molecule has 1 fully saturated rings. The molecule has 2 aromatic rings. The predicted molar refractivity (Wildman–Crippen MR) is 122 cm³/mol. The molecule has 1 aromatic heterocycles. The molecule has 1 aliphatic rings. The Balaban J connectivity index is 1.47. The summed E-state index contributed by atoms with van der Waals surface area (Å²) in [5, 5.41) is 12.2. The normalized spacial score (nSPS) is 19.7. The summed E-state index contributed by atoms with van der Waals surface area (Å²) >= 11 is 0. The van der Waals surface area contributed by atoms with E-state index in [1.54, 1.807) is 32.5 Å². The number of anilines is 3. The number of nitrogens with one attached hydrogen (secondary N) is 4. The van der Waals surface area contributed by atoms with Gasteiger partial charge in [0.05, 0.1) is 23.4 Å². The third-order valence-electron chi connectivity index (χ3n) is 5.30. The van der Waals surface area contributed by atoms with Gasteiger partial charge in [0.15, 0.2) is 0 Å². The van der Waals surface area contributed by atoms with Crippen molar-refractivity contribution >= 4 is 23.4 Å². The summed E-state index contributed by atoms with van der Waals surface area (Å²) < 4.78 is 18.4. The first-order valence-electron chi connectivity index (χ1n) is 10.6. The highest BCUT2D eigenvalue weighted by Gasteiger charge is 2.40. The van der Waals surface area contributed by atoms with Gasteiger partial charge >= 0.3 is 0 Å². The van der Waals surface area contributed by atoms with Gasteiger partial charge in [0.1, 0.15) is 11.6 Å². The van der Waals surface area contributed by atoms with Crippen LogP contribution in [0.1, 0.15) is 31.7 Å². The molecule has 2 atom stereocenters. The van der Waals surface area contributed by atoms with Crippen LogP contribution in [0.15, 0.2) is 30.5 Å². The molecule has 9 heteroatoms. The van der Waals surface area contributed by atoms with Crippen LogP contribution in [-0.4, -0.2) is 54.8 Å². The van der Waals surface area contributed by atoms with E-state index in [-0.39, 0.29) is 17.8 Å². The van der Waals surface area contributed by atoms with Crippen molar-refractivity contribution in [1.29, 1.82) is 0 Å². The van der Waals surface area contributed by atoms with E-state index in [1.165, 1.54) is 12.1 Å². The van der Waals surface area contributed by atoms with Crippen LogP contribution in [-0.2, 0) is 9.53 Å². The van der Waals surface area contributed by atoms with E-state index in [4.69, 9.17) is 4.74 Å². The monoisotopic (exact) mass is 440 g/mol. The van der Waals surface area contributed by atoms with E-state index in [0.29, 0.717) is 48.9 Å². The quantitative estimate of drug-likeness (QED) is 0.370. The summed E-state index contributed by atoms with van der Waals surface area (Å²) in [7, 11) is 3.42. The van der Waals surface area contributed by atoms with Crippen LogP contribution in [0, 0.1) is 17.7 Å². The van der Waals surface area contributed by atoms with Gasteiger partial charge < -0.3 is 26.0 Å². The second-order valence-corrected chi connectivity index (χ2v) is 7.77. The lowest BCUT2D eigenvalue weighted by molar-refractivity contribution is -0.126. The first-order valence-corrected chi connectivity index (χ1v) is 10.6.